The number of halogens is 1. The Kier molecular flexibility index (Phi) is 4.11. The second kappa shape index (κ2) is 6.43. The van der Waals surface area contributed by atoms with E-state index in [1.807, 2.05) is 13.0 Å². The van der Waals surface area contributed by atoms with Crippen molar-refractivity contribution in [1.82, 2.24) is 19.7 Å². The van der Waals surface area contributed by atoms with Gasteiger partial charge < -0.3 is 5.32 Å². The summed E-state index contributed by atoms with van der Waals surface area (Å²) in [5, 5.41) is 9.10. The van der Waals surface area contributed by atoms with Gasteiger partial charge in [0.25, 0.3) is 0 Å². The molecule has 2 heterocycles. The van der Waals surface area contributed by atoms with Gasteiger partial charge in [0.15, 0.2) is 5.65 Å². The molecule has 1 aliphatic carbocycles. The largest absolute Gasteiger partial charge is 0.366 e. The third-order valence-electron chi connectivity index (χ3n) is 5.13. The number of aromatic nitrogens is 4. The summed E-state index contributed by atoms with van der Waals surface area (Å²) in [6.07, 6.45) is 6.50. The lowest BCUT2D eigenvalue weighted by Gasteiger charge is -2.30. The average Bonchev–Trinajstić information content (AvgIpc) is 2.95. The molecule has 1 aromatic carbocycles. The molecule has 25 heavy (non-hydrogen) atoms. The first-order valence-electron chi connectivity index (χ1n) is 8.86. The second-order valence-corrected chi connectivity index (χ2v) is 6.91. The molecule has 0 radical (unpaired) electrons. The van der Waals surface area contributed by atoms with Crippen LogP contribution in [0.4, 0.5) is 10.2 Å². The quantitative estimate of drug-likeness (QED) is 0.775. The SMILES string of the molecule is Cc1nn(-c2cccc(F)c2)c2ncnc(NC3CCCCC3C)c12. The predicted octanol–water partition coefficient (Wildman–Crippen LogP) is 4.25. The van der Waals surface area contributed by atoms with E-state index in [1.54, 1.807) is 17.1 Å². The summed E-state index contributed by atoms with van der Waals surface area (Å²) < 4.78 is 15.3. The van der Waals surface area contributed by atoms with Crippen molar-refractivity contribution in [2.75, 3.05) is 5.32 Å². The van der Waals surface area contributed by atoms with E-state index in [0.717, 1.165) is 23.3 Å². The highest BCUT2D eigenvalue weighted by atomic mass is 19.1. The molecule has 130 valence electrons. The average molecular weight is 339 g/mol. The molecule has 3 aromatic rings. The normalized spacial score (nSPS) is 20.8. The fourth-order valence-corrected chi connectivity index (χ4v) is 3.72. The van der Waals surface area contributed by atoms with Crippen molar-refractivity contribution in [3.8, 4) is 5.69 Å². The summed E-state index contributed by atoms with van der Waals surface area (Å²) in [4.78, 5) is 8.88. The van der Waals surface area contributed by atoms with Crippen LogP contribution >= 0.6 is 0 Å². The number of anilines is 1. The second-order valence-electron chi connectivity index (χ2n) is 6.91. The number of hydrogen-bond donors (Lipinski definition) is 1. The van der Waals surface area contributed by atoms with Crippen molar-refractivity contribution in [3.63, 3.8) is 0 Å². The van der Waals surface area contributed by atoms with Gasteiger partial charge in [-0.05, 0) is 43.9 Å². The van der Waals surface area contributed by atoms with E-state index in [2.05, 4.69) is 27.3 Å². The number of hydrogen-bond acceptors (Lipinski definition) is 4. The monoisotopic (exact) mass is 339 g/mol. The van der Waals surface area contributed by atoms with Crippen LogP contribution in [0, 0.1) is 18.7 Å². The van der Waals surface area contributed by atoms with Gasteiger partial charge in [-0.1, -0.05) is 25.8 Å². The number of fused-ring (bicyclic) bond motifs is 1. The molecule has 6 heteroatoms. The van der Waals surface area contributed by atoms with Gasteiger partial charge in [-0.15, -0.1) is 0 Å². The van der Waals surface area contributed by atoms with Gasteiger partial charge in [0.2, 0.25) is 0 Å². The molecular formula is C19H22FN5. The van der Waals surface area contributed by atoms with Crippen molar-refractivity contribution in [3.05, 3.63) is 42.1 Å². The molecule has 0 spiro atoms. The van der Waals surface area contributed by atoms with Crippen molar-refractivity contribution in [1.29, 1.82) is 0 Å². The van der Waals surface area contributed by atoms with Gasteiger partial charge in [-0.2, -0.15) is 5.10 Å². The highest BCUT2D eigenvalue weighted by Gasteiger charge is 2.23. The summed E-state index contributed by atoms with van der Waals surface area (Å²) in [5.74, 6) is 1.16. The van der Waals surface area contributed by atoms with Crippen LogP contribution in [-0.4, -0.2) is 25.8 Å². The van der Waals surface area contributed by atoms with Crippen LogP contribution in [0.2, 0.25) is 0 Å². The van der Waals surface area contributed by atoms with Gasteiger partial charge in [-0.3, -0.25) is 0 Å². The molecule has 0 saturated heterocycles. The Bertz CT molecular complexity index is 904. The molecule has 1 fully saturated rings. The van der Waals surface area contributed by atoms with Crippen molar-refractivity contribution < 1.29 is 4.39 Å². The van der Waals surface area contributed by atoms with Crippen LogP contribution in [0.3, 0.4) is 0 Å². The molecular weight excluding hydrogens is 317 g/mol. The Morgan fingerprint density at radius 1 is 1.20 bits per heavy atom. The molecule has 0 amide bonds. The summed E-state index contributed by atoms with van der Waals surface area (Å²) in [7, 11) is 0. The zero-order chi connectivity index (χ0) is 17.4. The van der Waals surface area contributed by atoms with Crippen molar-refractivity contribution in [2.45, 2.75) is 45.6 Å². The summed E-state index contributed by atoms with van der Waals surface area (Å²) in [6, 6.07) is 6.81. The molecule has 0 bridgehead atoms. The van der Waals surface area contributed by atoms with E-state index < -0.39 is 0 Å². The first kappa shape index (κ1) is 16.0. The molecule has 1 aliphatic rings. The lowest BCUT2D eigenvalue weighted by Crippen LogP contribution is -2.30. The van der Waals surface area contributed by atoms with Gasteiger partial charge in [0.05, 0.1) is 16.8 Å². The summed E-state index contributed by atoms with van der Waals surface area (Å²) in [5.41, 5.74) is 2.20. The van der Waals surface area contributed by atoms with Gasteiger partial charge in [0.1, 0.15) is 18.0 Å². The zero-order valence-corrected chi connectivity index (χ0v) is 14.5. The highest BCUT2D eigenvalue weighted by Crippen LogP contribution is 2.30. The lowest BCUT2D eigenvalue weighted by atomic mass is 9.86. The van der Waals surface area contributed by atoms with E-state index in [-0.39, 0.29) is 5.82 Å². The van der Waals surface area contributed by atoms with E-state index in [0.29, 0.717) is 23.3 Å². The number of rotatable bonds is 3. The molecule has 2 atom stereocenters. The van der Waals surface area contributed by atoms with Crippen LogP contribution in [0.15, 0.2) is 30.6 Å². The summed E-state index contributed by atoms with van der Waals surface area (Å²) >= 11 is 0. The minimum Gasteiger partial charge on any atom is -0.366 e. The van der Waals surface area contributed by atoms with Gasteiger partial charge >= 0.3 is 0 Å². The first-order chi connectivity index (χ1) is 12.1. The van der Waals surface area contributed by atoms with Crippen molar-refractivity contribution in [2.24, 2.45) is 5.92 Å². The Hall–Kier alpha value is -2.50. The standard InChI is InChI=1S/C19H22FN5/c1-12-6-3-4-9-16(12)23-18-17-13(2)24-25(19(17)22-11-21-18)15-8-5-7-14(20)10-15/h5,7-8,10-12,16H,3-4,6,9H2,1-2H3,(H,21,22,23). The lowest BCUT2D eigenvalue weighted by molar-refractivity contribution is 0.349. The van der Waals surface area contributed by atoms with Crippen LogP contribution < -0.4 is 5.32 Å². The minimum atomic E-state index is -0.290. The van der Waals surface area contributed by atoms with Crippen LogP contribution in [0.5, 0.6) is 0 Å². The number of benzene rings is 1. The smallest absolute Gasteiger partial charge is 0.168 e. The maximum atomic E-state index is 13.6. The Morgan fingerprint density at radius 2 is 2.04 bits per heavy atom. The number of nitrogens with one attached hydrogen (secondary N) is 1. The maximum Gasteiger partial charge on any atom is 0.168 e. The van der Waals surface area contributed by atoms with E-state index in [9.17, 15) is 4.39 Å². The molecule has 1 saturated carbocycles. The fraction of sp³-hybridized carbons (Fsp3) is 0.421. The van der Waals surface area contributed by atoms with Crippen LogP contribution in [0.1, 0.15) is 38.3 Å². The predicted molar refractivity (Wildman–Crippen MR) is 96.4 cm³/mol. The first-order valence-corrected chi connectivity index (χ1v) is 8.86. The molecule has 2 unspecified atom stereocenters. The Labute approximate surface area is 146 Å². The fourth-order valence-electron chi connectivity index (χ4n) is 3.72. The topological polar surface area (TPSA) is 55.6 Å². The Balaban J connectivity index is 1.77. The van der Waals surface area contributed by atoms with Crippen LogP contribution in [-0.2, 0) is 0 Å². The number of nitrogens with zero attached hydrogens (tertiary/aromatic N) is 4. The highest BCUT2D eigenvalue weighted by molar-refractivity contribution is 5.90. The molecule has 2 aromatic heterocycles. The van der Waals surface area contributed by atoms with E-state index in [1.165, 1.54) is 31.4 Å². The molecule has 4 rings (SSSR count). The third kappa shape index (κ3) is 2.97. The van der Waals surface area contributed by atoms with E-state index in [4.69, 9.17) is 0 Å². The van der Waals surface area contributed by atoms with E-state index >= 15 is 0 Å². The molecule has 5 nitrogen and oxygen atoms in total. The third-order valence-corrected chi connectivity index (χ3v) is 5.13. The van der Waals surface area contributed by atoms with Gasteiger partial charge in [-0.25, -0.2) is 19.0 Å². The van der Waals surface area contributed by atoms with Crippen molar-refractivity contribution >= 4 is 16.9 Å². The molecule has 0 aliphatic heterocycles. The van der Waals surface area contributed by atoms with Gasteiger partial charge in [0, 0.05) is 6.04 Å². The number of aryl methyl sites for hydroxylation is 1. The zero-order valence-electron chi connectivity index (χ0n) is 14.5. The summed E-state index contributed by atoms with van der Waals surface area (Å²) in [6.45, 7) is 4.23. The Morgan fingerprint density at radius 3 is 2.84 bits per heavy atom. The van der Waals surface area contributed by atoms with Crippen LogP contribution in [0.25, 0.3) is 16.7 Å². The minimum absolute atomic E-state index is 0.290. The maximum absolute atomic E-state index is 13.6. The molecule has 1 N–H and O–H groups in total.